The highest BCUT2D eigenvalue weighted by atomic mass is 32.2. The fraction of sp³-hybridized carbons (Fsp3) is 0.174. The molecule has 0 aliphatic heterocycles. The van der Waals surface area contributed by atoms with Crippen molar-refractivity contribution in [3.8, 4) is 23.1 Å². The second-order valence-corrected chi connectivity index (χ2v) is 9.93. The van der Waals surface area contributed by atoms with Gasteiger partial charge in [0.1, 0.15) is 0 Å². The van der Waals surface area contributed by atoms with E-state index in [0.717, 1.165) is 16.8 Å². The summed E-state index contributed by atoms with van der Waals surface area (Å²) in [4.78, 5) is 12.7. The molecule has 11 heteroatoms. The van der Waals surface area contributed by atoms with Crippen LogP contribution in [-0.4, -0.2) is 37.6 Å². The summed E-state index contributed by atoms with van der Waals surface area (Å²) in [5, 5.41) is 5.93. The van der Waals surface area contributed by atoms with Gasteiger partial charge in [0.25, 0.3) is 10.0 Å². The van der Waals surface area contributed by atoms with E-state index in [4.69, 9.17) is 9.47 Å². The molecule has 0 saturated carbocycles. The maximum absolute atomic E-state index is 12.8. The van der Waals surface area contributed by atoms with Crippen LogP contribution in [0.5, 0.6) is 11.9 Å². The number of hydrogen-bond donors (Lipinski definition) is 2. The van der Waals surface area contributed by atoms with Crippen LogP contribution in [0.3, 0.4) is 0 Å². The van der Waals surface area contributed by atoms with E-state index < -0.39 is 10.0 Å². The number of nitrogens with one attached hydrogen (secondary N) is 2. The Morgan fingerprint density at radius 1 is 0.912 bits per heavy atom. The van der Waals surface area contributed by atoms with Gasteiger partial charge in [-0.25, -0.2) is 13.4 Å². The molecule has 2 heterocycles. The number of ether oxygens (including phenoxy) is 2. The van der Waals surface area contributed by atoms with E-state index >= 15 is 0 Å². The Morgan fingerprint density at radius 3 is 2.35 bits per heavy atom. The molecule has 0 fully saturated rings. The van der Waals surface area contributed by atoms with Crippen LogP contribution in [0.15, 0.2) is 58.8 Å². The molecule has 2 aromatic heterocycles. The molecular weight excluding hydrogens is 474 g/mol. The van der Waals surface area contributed by atoms with Crippen LogP contribution in [-0.2, 0) is 10.0 Å². The molecule has 0 aliphatic rings. The topological polar surface area (TPSA) is 115 Å². The number of sulfonamides is 1. The van der Waals surface area contributed by atoms with Gasteiger partial charge in [-0.1, -0.05) is 23.8 Å². The molecule has 0 unspecified atom stereocenters. The molecule has 2 N–H and O–H groups in total. The number of methoxy groups -OCH3 is 2. The Hall–Kier alpha value is -3.70. The van der Waals surface area contributed by atoms with Gasteiger partial charge in [-0.05, 0) is 43.7 Å². The zero-order valence-electron chi connectivity index (χ0n) is 19.0. The second-order valence-electron chi connectivity index (χ2n) is 7.39. The molecule has 9 nitrogen and oxygen atoms in total. The van der Waals surface area contributed by atoms with Crippen LogP contribution in [0, 0.1) is 13.8 Å². The first kappa shape index (κ1) is 23.5. The first-order valence-electron chi connectivity index (χ1n) is 10.2. The fourth-order valence-corrected chi connectivity index (χ4v) is 4.97. The average molecular weight is 498 g/mol. The second kappa shape index (κ2) is 9.65. The third-order valence-corrected chi connectivity index (χ3v) is 7.02. The molecule has 4 aromatic rings. The Labute approximate surface area is 201 Å². The maximum Gasteiger partial charge on any atom is 0.321 e. The normalized spacial score (nSPS) is 11.2. The van der Waals surface area contributed by atoms with Gasteiger partial charge in [0, 0.05) is 22.7 Å². The summed E-state index contributed by atoms with van der Waals surface area (Å²) >= 11 is 1.48. The molecule has 0 amide bonds. The standard InChI is InChI=1S/C23H23N5O4S2/c1-14-5-10-18(15(2)11-14)19-13-33-23(25-19)24-16-6-8-17(9-7-16)34(29,30)28-20-12-21(31-3)27-22(26-20)32-4/h5-13H,1-4H3,(H,24,25)(H,26,27,28). The molecule has 4 rings (SSSR count). The van der Waals surface area contributed by atoms with Crippen molar-refractivity contribution >= 4 is 38.0 Å². The number of thiazole rings is 1. The first-order valence-corrected chi connectivity index (χ1v) is 12.5. The fourth-order valence-electron chi connectivity index (χ4n) is 3.25. The van der Waals surface area contributed by atoms with Gasteiger partial charge >= 0.3 is 6.01 Å². The largest absolute Gasteiger partial charge is 0.481 e. The molecule has 0 spiro atoms. The van der Waals surface area contributed by atoms with Crippen molar-refractivity contribution in [3.63, 3.8) is 0 Å². The number of hydrogen-bond acceptors (Lipinski definition) is 9. The lowest BCUT2D eigenvalue weighted by molar-refractivity contribution is 0.353. The van der Waals surface area contributed by atoms with Crippen LogP contribution >= 0.6 is 11.3 Å². The Morgan fingerprint density at radius 2 is 1.68 bits per heavy atom. The predicted molar refractivity (Wildman–Crippen MR) is 133 cm³/mol. The summed E-state index contributed by atoms with van der Waals surface area (Å²) in [6.07, 6.45) is 0. The summed E-state index contributed by atoms with van der Waals surface area (Å²) in [5.41, 5.74) is 5.06. The SMILES string of the molecule is COc1cc(NS(=O)(=O)c2ccc(Nc3nc(-c4ccc(C)cc4C)cs3)cc2)nc(OC)n1. The van der Waals surface area contributed by atoms with Gasteiger partial charge in [-0.2, -0.15) is 9.97 Å². The number of aryl methyl sites for hydroxylation is 2. The maximum atomic E-state index is 12.8. The van der Waals surface area contributed by atoms with E-state index in [-0.39, 0.29) is 22.6 Å². The molecule has 2 aromatic carbocycles. The quantitative estimate of drug-likeness (QED) is 0.357. The zero-order chi connectivity index (χ0) is 24.3. The number of anilines is 3. The molecule has 0 saturated heterocycles. The van der Waals surface area contributed by atoms with Crippen molar-refractivity contribution in [2.75, 3.05) is 24.3 Å². The number of aromatic nitrogens is 3. The molecular formula is C23H23N5O4S2. The van der Waals surface area contributed by atoms with Crippen LogP contribution in [0.2, 0.25) is 0 Å². The molecule has 0 radical (unpaired) electrons. The Balaban J connectivity index is 1.48. The van der Waals surface area contributed by atoms with E-state index in [1.807, 2.05) is 5.38 Å². The summed E-state index contributed by atoms with van der Waals surface area (Å²) in [6, 6.07) is 14.0. The molecule has 0 bridgehead atoms. The van der Waals surface area contributed by atoms with E-state index in [2.05, 4.69) is 57.0 Å². The van der Waals surface area contributed by atoms with Crippen LogP contribution < -0.4 is 19.5 Å². The highest BCUT2D eigenvalue weighted by Gasteiger charge is 2.17. The van der Waals surface area contributed by atoms with Gasteiger partial charge in [0.05, 0.1) is 24.8 Å². The van der Waals surface area contributed by atoms with Crippen LogP contribution in [0.25, 0.3) is 11.3 Å². The summed E-state index contributed by atoms with van der Waals surface area (Å²) in [7, 11) is -1.09. The highest BCUT2D eigenvalue weighted by molar-refractivity contribution is 7.92. The van der Waals surface area contributed by atoms with Crippen LogP contribution in [0.4, 0.5) is 16.6 Å². The number of nitrogens with zero attached hydrogens (tertiary/aromatic N) is 3. The van der Waals surface area contributed by atoms with Crippen molar-refractivity contribution in [2.24, 2.45) is 0 Å². The van der Waals surface area contributed by atoms with Gasteiger partial charge in [-0.15, -0.1) is 11.3 Å². The van der Waals surface area contributed by atoms with Crippen molar-refractivity contribution in [1.29, 1.82) is 0 Å². The summed E-state index contributed by atoms with van der Waals surface area (Å²) in [6.45, 7) is 4.13. The van der Waals surface area contributed by atoms with Crippen molar-refractivity contribution in [2.45, 2.75) is 18.7 Å². The minimum absolute atomic E-state index is 0.0137. The van der Waals surface area contributed by atoms with Crippen molar-refractivity contribution in [3.05, 3.63) is 65.0 Å². The third kappa shape index (κ3) is 5.26. The number of rotatable bonds is 8. The van der Waals surface area contributed by atoms with Gasteiger partial charge in [0.2, 0.25) is 5.88 Å². The van der Waals surface area contributed by atoms with Gasteiger partial charge in [-0.3, -0.25) is 4.72 Å². The smallest absolute Gasteiger partial charge is 0.321 e. The van der Waals surface area contributed by atoms with E-state index in [9.17, 15) is 8.42 Å². The van der Waals surface area contributed by atoms with E-state index in [1.54, 1.807) is 12.1 Å². The van der Waals surface area contributed by atoms with Crippen molar-refractivity contribution in [1.82, 2.24) is 15.0 Å². The lowest BCUT2D eigenvalue weighted by Gasteiger charge is -2.10. The lowest BCUT2D eigenvalue weighted by atomic mass is 10.0. The first-order chi connectivity index (χ1) is 16.3. The van der Waals surface area contributed by atoms with Crippen LogP contribution in [0.1, 0.15) is 11.1 Å². The van der Waals surface area contributed by atoms with E-state index in [0.29, 0.717) is 10.8 Å². The molecule has 176 valence electrons. The Kier molecular flexibility index (Phi) is 6.66. The Bertz CT molecular complexity index is 1400. The highest BCUT2D eigenvalue weighted by Crippen LogP contribution is 2.30. The van der Waals surface area contributed by atoms with Gasteiger partial charge < -0.3 is 14.8 Å². The molecule has 34 heavy (non-hydrogen) atoms. The average Bonchev–Trinajstić information content (AvgIpc) is 3.26. The number of benzene rings is 2. The predicted octanol–water partition coefficient (Wildman–Crippen LogP) is 4.78. The minimum atomic E-state index is -3.89. The summed E-state index contributed by atoms with van der Waals surface area (Å²) < 4.78 is 38.1. The third-order valence-electron chi connectivity index (χ3n) is 4.89. The minimum Gasteiger partial charge on any atom is -0.481 e. The van der Waals surface area contributed by atoms with Crippen molar-refractivity contribution < 1.29 is 17.9 Å². The molecule has 0 aliphatic carbocycles. The summed E-state index contributed by atoms with van der Waals surface area (Å²) in [5.74, 6) is 0.209. The van der Waals surface area contributed by atoms with E-state index in [1.165, 1.54) is 49.3 Å². The van der Waals surface area contributed by atoms with Gasteiger partial charge in [0.15, 0.2) is 10.9 Å². The monoisotopic (exact) mass is 497 g/mol. The molecule has 0 atom stereocenters. The lowest BCUT2D eigenvalue weighted by Crippen LogP contribution is -2.14. The zero-order valence-corrected chi connectivity index (χ0v) is 20.6.